The van der Waals surface area contributed by atoms with Crippen LogP contribution in [0.3, 0.4) is 0 Å². The van der Waals surface area contributed by atoms with E-state index in [9.17, 15) is 15.0 Å². The van der Waals surface area contributed by atoms with Gasteiger partial charge in [0.25, 0.3) is 0 Å². The Bertz CT molecular complexity index is 447. The number of rotatable bonds is 3. The Labute approximate surface area is 93.5 Å². The van der Waals surface area contributed by atoms with Crippen molar-refractivity contribution in [3.8, 4) is 11.5 Å². The Morgan fingerprint density at radius 3 is 2.50 bits per heavy atom. The summed E-state index contributed by atoms with van der Waals surface area (Å²) in [5.41, 5.74) is 0.211. The Hall–Kier alpha value is -1.71. The van der Waals surface area contributed by atoms with Crippen molar-refractivity contribution in [2.45, 2.75) is 25.2 Å². The fourth-order valence-electron chi connectivity index (χ4n) is 1.95. The first-order valence-electron chi connectivity index (χ1n) is 5.13. The molecule has 2 rings (SSSR count). The number of benzene rings is 1. The highest BCUT2D eigenvalue weighted by Crippen LogP contribution is 2.52. The lowest BCUT2D eigenvalue weighted by molar-refractivity contribution is -0.140. The summed E-state index contributed by atoms with van der Waals surface area (Å²) >= 11 is 0. The van der Waals surface area contributed by atoms with Gasteiger partial charge in [-0.1, -0.05) is 0 Å². The predicted molar refractivity (Wildman–Crippen MR) is 57.9 cm³/mol. The number of aryl methyl sites for hydroxylation is 1. The van der Waals surface area contributed by atoms with Gasteiger partial charge in [0.15, 0.2) is 0 Å². The Morgan fingerprint density at radius 2 is 2.06 bits per heavy atom. The van der Waals surface area contributed by atoms with Crippen LogP contribution in [0.25, 0.3) is 0 Å². The first kappa shape index (κ1) is 10.8. The number of phenolic OH excluding ortho intramolecular Hbond substituents is 1. The van der Waals surface area contributed by atoms with Crippen molar-refractivity contribution in [2.24, 2.45) is 0 Å². The molecule has 4 nitrogen and oxygen atoms in total. The van der Waals surface area contributed by atoms with Gasteiger partial charge in [-0.15, -0.1) is 0 Å². The molecule has 2 N–H and O–H groups in total. The zero-order valence-electron chi connectivity index (χ0n) is 9.28. The summed E-state index contributed by atoms with van der Waals surface area (Å²) in [5, 5.41) is 19.1. The van der Waals surface area contributed by atoms with Crippen molar-refractivity contribution < 1.29 is 19.7 Å². The number of methoxy groups -OCH3 is 1. The second-order valence-electron chi connectivity index (χ2n) is 4.23. The van der Waals surface area contributed by atoms with E-state index < -0.39 is 11.4 Å². The van der Waals surface area contributed by atoms with Crippen LogP contribution in [0.5, 0.6) is 11.5 Å². The SMILES string of the molecule is COc1cc(C)c(O)c(C2(C(=O)O)CC2)c1. The maximum atomic E-state index is 11.2. The summed E-state index contributed by atoms with van der Waals surface area (Å²) in [7, 11) is 1.52. The van der Waals surface area contributed by atoms with Gasteiger partial charge in [-0.05, 0) is 37.5 Å². The molecule has 86 valence electrons. The van der Waals surface area contributed by atoms with Gasteiger partial charge in [0, 0.05) is 5.56 Å². The van der Waals surface area contributed by atoms with Crippen molar-refractivity contribution in [1.82, 2.24) is 0 Å². The quantitative estimate of drug-likeness (QED) is 0.818. The third-order valence-electron chi connectivity index (χ3n) is 3.18. The number of carboxylic acids is 1. The standard InChI is InChI=1S/C12H14O4/c1-7-5-8(16-2)6-9(10(7)13)12(3-4-12)11(14)15/h5-6,13H,3-4H2,1-2H3,(H,14,15). The number of phenols is 1. The topological polar surface area (TPSA) is 66.8 Å². The molecule has 0 amide bonds. The van der Waals surface area contributed by atoms with Gasteiger partial charge in [0.1, 0.15) is 11.5 Å². The van der Waals surface area contributed by atoms with Crippen LogP contribution in [0.15, 0.2) is 12.1 Å². The number of carboxylic acid groups (broad SMARTS) is 1. The van der Waals surface area contributed by atoms with Crippen LogP contribution in [0.2, 0.25) is 0 Å². The minimum atomic E-state index is -0.899. The monoisotopic (exact) mass is 222 g/mol. The molecule has 0 saturated heterocycles. The molecule has 0 spiro atoms. The second-order valence-corrected chi connectivity index (χ2v) is 4.23. The average molecular weight is 222 g/mol. The van der Waals surface area contributed by atoms with Gasteiger partial charge in [0.2, 0.25) is 0 Å². The van der Waals surface area contributed by atoms with Crippen LogP contribution in [0, 0.1) is 6.92 Å². The Morgan fingerprint density at radius 1 is 1.44 bits per heavy atom. The van der Waals surface area contributed by atoms with E-state index in [1.807, 2.05) is 0 Å². The lowest BCUT2D eigenvalue weighted by Gasteiger charge is -2.15. The van der Waals surface area contributed by atoms with Crippen LogP contribution in [-0.2, 0) is 10.2 Å². The second kappa shape index (κ2) is 3.40. The molecule has 0 heterocycles. The molecule has 16 heavy (non-hydrogen) atoms. The highest BCUT2D eigenvalue weighted by molar-refractivity contribution is 5.86. The molecule has 0 radical (unpaired) electrons. The smallest absolute Gasteiger partial charge is 0.314 e. The molecule has 1 aliphatic carbocycles. The van der Waals surface area contributed by atoms with Crippen LogP contribution < -0.4 is 4.74 Å². The number of hydrogen-bond donors (Lipinski definition) is 2. The van der Waals surface area contributed by atoms with E-state index in [-0.39, 0.29) is 5.75 Å². The minimum absolute atomic E-state index is 0.0701. The molecule has 1 aromatic rings. The molecule has 0 aliphatic heterocycles. The van der Waals surface area contributed by atoms with E-state index in [2.05, 4.69) is 0 Å². The largest absolute Gasteiger partial charge is 0.507 e. The van der Waals surface area contributed by atoms with E-state index in [4.69, 9.17) is 4.74 Å². The lowest BCUT2D eigenvalue weighted by Crippen LogP contribution is -2.19. The van der Waals surface area contributed by atoms with Gasteiger partial charge >= 0.3 is 5.97 Å². The first-order chi connectivity index (χ1) is 7.51. The summed E-state index contributed by atoms with van der Waals surface area (Å²) in [6.07, 6.45) is 1.14. The van der Waals surface area contributed by atoms with E-state index in [1.54, 1.807) is 19.1 Å². The molecule has 0 unspecified atom stereocenters. The van der Waals surface area contributed by atoms with E-state index in [0.717, 1.165) is 0 Å². The maximum Gasteiger partial charge on any atom is 0.314 e. The van der Waals surface area contributed by atoms with Crippen LogP contribution in [0.1, 0.15) is 24.0 Å². The number of carbonyl (C=O) groups is 1. The molecule has 4 heteroatoms. The van der Waals surface area contributed by atoms with Crippen LogP contribution in [-0.4, -0.2) is 23.3 Å². The van der Waals surface area contributed by atoms with Gasteiger partial charge < -0.3 is 14.9 Å². The maximum absolute atomic E-state index is 11.2. The summed E-state index contributed by atoms with van der Waals surface area (Å²) in [6, 6.07) is 3.31. The molecule has 1 aromatic carbocycles. The van der Waals surface area contributed by atoms with Crippen molar-refractivity contribution in [1.29, 1.82) is 0 Å². The third kappa shape index (κ3) is 1.41. The minimum Gasteiger partial charge on any atom is -0.507 e. The Balaban J connectivity index is 2.56. The molecule has 0 bridgehead atoms. The number of aliphatic carboxylic acids is 1. The molecule has 1 saturated carbocycles. The predicted octanol–water partition coefficient (Wildman–Crippen LogP) is 1.83. The van der Waals surface area contributed by atoms with Crippen molar-refractivity contribution in [3.05, 3.63) is 23.3 Å². The van der Waals surface area contributed by atoms with Crippen molar-refractivity contribution >= 4 is 5.97 Å². The van der Waals surface area contributed by atoms with Crippen molar-refractivity contribution in [2.75, 3.05) is 7.11 Å². The number of aromatic hydroxyl groups is 1. The Kier molecular flexibility index (Phi) is 2.30. The average Bonchev–Trinajstić information content (AvgIpc) is 3.02. The fraction of sp³-hybridized carbons (Fsp3) is 0.417. The van der Waals surface area contributed by atoms with E-state index in [1.165, 1.54) is 7.11 Å². The summed E-state index contributed by atoms with van der Waals surface area (Å²) in [5.74, 6) is -0.228. The van der Waals surface area contributed by atoms with Gasteiger partial charge in [0.05, 0.1) is 12.5 Å². The molecular weight excluding hydrogens is 208 g/mol. The molecule has 0 atom stereocenters. The molecule has 1 aliphatic rings. The molecular formula is C12H14O4. The van der Waals surface area contributed by atoms with Crippen LogP contribution in [0.4, 0.5) is 0 Å². The van der Waals surface area contributed by atoms with Crippen molar-refractivity contribution in [3.63, 3.8) is 0 Å². The van der Waals surface area contributed by atoms with Crippen LogP contribution >= 0.6 is 0 Å². The zero-order chi connectivity index (χ0) is 11.9. The molecule has 1 fully saturated rings. The normalized spacial score (nSPS) is 16.9. The zero-order valence-corrected chi connectivity index (χ0v) is 9.28. The highest BCUT2D eigenvalue weighted by Gasteiger charge is 2.53. The summed E-state index contributed by atoms with van der Waals surface area (Å²) < 4.78 is 5.09. The van der Waals surface area contributed by atoms with Gasteiger partial charge in [-0.3, -0.25) is 4.79 Å². The highest BCUT2D eigenvalue weighted by atomic mass is 16.5. The fourth-order valence-corrected chi connectivity index (χ4v) is 1.95. The number of hydrogen-bond acceptors (Lipinski definition) is 3. The molecule has 0 aromatic heterocycles. The van der Waals surface area contributed by atoms with E-state index in [0.29, 0.717) is 29.7 Å². The van der Waals surface area contributed by atoms with E-state index >= 15 is 0 Å². The summed E-state index contributed by atoms with van der Waals surface area (Å²) in [6.45, 7) is 1.74. The first-order valence-corrected chi connectivity index (χ1v) is 5.13. The number of ether oxygens (including phenoxy) is 1. The van der Waals surface area contributed by atoms with Gasteiger partial charge in [-0.2, -0.15) is 0 Å². The summed E-state index contributed by atoms with van der Waals surface area (Å²) in [4.78, 5) is 11.2. The van der Waals surface area contributed by atoms with Gasteiger partial charge in [-0.25, -0.2) is 0 Å². The third-order valence-corrected chi connectivity index (χ3v) is 3.18. The lowest BCUT2D eigenvalue weighted by atomic mass is 9.93.